The Bertz CT molecular complexity index is 614. The minimum atomic E-state index is -3.11. The highest BCUT2D eigenvalue weighted by Crippen LogP contribution is 2.20. The molecule has 0 saturated carbocycles. The van der Waals surface area contributed by atoms with Gasteiger partial charge in [-0.15, -0.1) is 5.10 Å². The maximum absolute atomic E-state index is 11.5. The molecule has 0 aromatic carbocycles. The molecule has 8 heteroatoms. The number of aromatic carboxylic acids is 1. The summed E-state index contributed by atoms with van der Waals surface area (Å²) in [4.78, 5) is 11.5. The average molecular weight is 315 g/mol. The van der Waals surface area contributed by atoms with Crippen LogP contribution in [0, 0.1) is 0 Å². The first kappa shape index (κ1) is 17.4. The number of nitrogens with zero attached hydrogens (tertiary/aromatic N) is 2. The standard InChI is InChI=1S/C13H21N3O4S/c1-4-9-10(5-2)15-16-12(11(9)13(17)18)14-7-8-21(19,20)6-3/h4-8H2,1-3H3,(H,14,16)(H,17,18). The number of rotatable bonds is 8. The number of anilines is 1. The van der Waals surface area contributed by atoms with E-state index in [9.17, 15) is 18.3 Å². The number of hydrogen-bond acceptors (Lipinski definition) is 6. The summed E-state index contributed by atoms with van der Waals surface area (Å²) in [5, 5.41) is 20.1. The molecule has 7 nitrogen and oxygen atoms in total. The van der Waals surface area contributed by atoms with Crippen LogP contribution in [0.4, 0.5) is 5.82 Å². The van der Waals surface area contributed by atoms with Crippen LogP contribution in [-0.4, -0.2) is 47.7 Å². The van der Waals surface area contributed by atoms with Gasteiger partial charge in [0, 0.05) is 12.3 Å². The van der Waals surface area contributed by atoms with E-state index in [0.717, 1.165) is 0 Å². The fourth-order valence-corrected chi connectivity index (χ4v) is 2.70. The summed E-state index contributed by atoms with van der Waals surface area (Å²) in [5.41, 5.74) is 1.38. The van der Waals surface area contributed by atoms with Crippen LogP contribution < -0.4 is 5.32 Å². The largest absolute Gasteiger partial charge is 0.478 e. The van der Waals surface area contributed by atoms with Crippen LogP contribution in [0.15, 0.2) is 0 Å². The lowest BCUT2D eigenvalue weighted by Crippen LogP contribution is -2.21. The monoisotopic (exact) mass is 315 g/mol. The maximum Gasteiger partial charge on any atom is 0.339 e. The molecule has 0 saturated heterocycles. The zero-order valence-corrected chi connectivity index (χ0v) is 13.3. The molecule has 0 atom stereocenters. The third-order valence-corrected chi connectivity index (χ3v) is 4.91. The molecule has 0 spiro atoms. The van der Waals surface area contributed by atoms with E-state index in [1.807, 2.05) is 13.8 Å². The molecule has 2 N–H and O–H groups in total. The van der Waals surface area contributed by atoms with Crippen molar-refractivity contribution < 1.29 is 18.3 Å². The van der Waals surface area contributed by atoms with Crippen molar-refractivity contribution in [3.63, 3.8) is 0 Å². The van der Waals surface area contributed by atoms with Gasteiger partial charge in [-0.05, 0) is 18.4 Å². The molecule has 0 aliphatic carbocycles. The van der Waals surface area contributed by atoms with Gasteiger partial charge in [0.25, 0.3) is 0 Å². The van der Waals surface area contributed by atoms with Crippen LogP contribution in [0.5, 0.6) is 0 Å². The zero-order valence-electron chi connectivity index (χ0n) is 12.5. The van der Waals surface area contributed by atoms with Gasteiger partial charge in [0.2, 0.25) is 0 Å². The number of sulfone groups is 1. The summed E-state index contributed by atoms with van der Waals surface area (Å²) < 4.78 is 22.9. The number of carboxylic acid groups (broad SMARTS) is 1. The summed E-state index contributed by atoms with van der Waals surface area (Å²) in [7, 11) is -3.11. The Labute approximate surface area is 124 Å². The quantitative estimate of drug-likeness (QED) is 0.740. The van der Waals surface area contributed by atoms with E-state index < -0.39 is 15.8 Å². The van der Waals surface area contributed by atoms with Crippen LogP contribution >= 0.6 is 0 Å². The first-order chi connectivity index (χ1) is 9.86. The Hall–Kier alpha value is -1.70. The number of carboxylic acids is 1. The van der Waals surface area contributed by atoms with Gasteiger partial charge in [-0.2, -0.15) is 5.10 Å². The minimum absolute atomic E-state index is 0.0567. The molecule has 1 heterocycles. The van der Waals surface area contributed by atoms with Gasteiger partial charge >= 0.3 is 5.97 Å². The average Bonchev–Trinajstić information content (AvgIpc) is 2.45. The van der Waals surface area contributed by atoms with Crippen molar-refractivity contribution >= 4 is 21.6 Å². The van der Waals surface area contributed by atoms with Gasteiger partial charge in [-0.3, -0.25) is 0 Å². The number of nitrogens with one attached hydrogen (secondary N) is 1. The number of hydrogen-bond donors (Lipinski definition) is 2. The Morgan fingerprint density at radius 1 is 1.19 bits per heavy atom. The lowest BCUT2D eigenvalue weighted by Gasteiger charge is -2.13. The van der Waals surface area contributed by atoms with E-state index in [1.54, 1.807) is 6.92 Å². The Morgan fingerprint density at radius 3 is 2.33 bits per heavy atom. The molecular formula is C13H21N3O4S. The van der Waals surface area contributed by atoms with Crippen molar-refractivity contribution in [2.45, 2.75) is 33.6 Å². The predicted molar refractivity (Wildman–Crippen MR) is 80.6 cm³/mol. The van der Waals surface area contributed by atoms with Gasteiger partial charge in [-0.25, -0.2) is 13.2 Å². The fourth-order valence-electron chi connectivity index (χ4n) is 2.00. The van der Waals surface area contributed by atoms with Crippen molar-refractivity contribution in [1.29, 1.82) is 0 Å². The van der Waals surface area contributed by atoms with Crippen LogP contribution in [0.2, 0.25) is 0 Å². The minimum Gasteiger partial charge on any atom is -0.478 e. The Morgan fingerprint density at radius 2 is 1.86 bits per heavy atom. The smallest absolute Gasteiger partial charge is 0.339 e. The number of carbonyl (C=O) groups is 1. The summed E-state index contributed by atoms with van der Waals surface area (Å²) in [5.74, 6) is -0.970. The second kappa shape index (κ2) is 7.35. The first-order valence-electron chi connectivity index (χ1n) is 6.92. The number of aromatic nitrogens is 2. The van der Waals surface area contributed by atoms with E-state index in [2.05, 4.69) is 15.5 Å². The molecule has 1 aromatic heterocycles. The molecule has 1 rings (SSSR count). The van der Waals surface area contributed by atoms with Gasteiger partial charge in [0.15, 0.2) is 15.7 Å². The second-order valence-electron chi connectivity index (χ2n) is 4.52. The van der Waals surface area contributed by atoms with Crippen molar-refractivity contribution in [3.8, 4) is 0 Å². The summed E-state index contributed by atoms with van der Waals surface area (Å²) in [6.07, 6.45) is 1.13. The highest BCUT2D eigenvalue weighted by atomic mass is 32.2. The molecular weight excluding hydrogens is 294 g/mol. The van der Waals surface area contributed by atoms with Gasteiger partial charge in [0.05, 0.1) is 11.4 Å². The molecule has 21 heavy (non-hydrogen) atoms. The van der Waals surface area contributed by atoms with Crippen molar-refractivity contribution in [3.05, 3.63) is 16.8 Å². The third-order valence-electron chi connectivity index (χ3n) is 3.21. The molecule has 0 fully saturated rings. The van der Waals surface area contributed by atoms with Gasteiger partial charge in [0.1, 0.15) is 5.56 Å². The van der Waals surface area contributed by atoms with Crippen molar-refractivity contribution in [2.24, 2.45) is 0 Å². The summed E-state index contributed by atoms with van der Waals surface area (Å²) in [6.45, 7) is 5.42. The third kappa shape index (κ3) is 4.38. The lowest BCUT2D eigenvalue weighted by atomic mass is 10.0. The second-order valence-corrected chi connectivity index (χ2v) is 7.00. The molecule has 0 amide bonds. The molecule has 1 aromatic rings. The normalized spacial score (nSPS) is 11.4. The highest BCUT2D eigenvalue weighted by molar-refractivity contribution is 7.91. The Balaban J connectivity index is 3.05. The molecule has 0 bridgehead atoms. The number of aryl methyl sites for hydroxylation is 1. The van der Waals surface area contributed by atoms with E-state index in [1.165, 1.54) is 0 Å². The molecule has 118 valence electrons. The lowest BCUT2D eigenvalue weighted by molar-refractivity contribution is 0.0696. The SMILES string of the molecule is CCc1nnc(NCCS(=O)(=O)CC)c(C(=O)O)c1CC. The first-order valence-corrected chi connectivity index (χ1v) is 8.74. The van der Waals surface area contributed by atoms with Crippen molar-refractivity contribution in [1.82, 2.24) is 10.2 Å². The molecule has 0 aliphatic rings. The Kier molecular flexibility index (Phi) is 6.07. The van der Waals surface area contributed by atoms with Crippen molar-refractivity contribution in [2.75, 3.05) is 23.4 Å². The zero-order chi connectivity index (χ0) is 16.0. The summed E-state index contributed by atoms with van der Waals surface area (Å²) >= 11 is 0. The van der Waals surface area contributed by atoms with Crippen LogP contribution in [-0.2, 0) is 22.7 Å². The maximum atomic E-state index is 11.5. The van der Waals surface area contributed by atoms with E-state index in [4.69, 9.17) is 0 Å². The van der Waals surface area contributed by atoms with Crippen LogP contribution in [0.25, 0.3) is 0 Å². The topological polar surface area (TPSA) is 109 Å². The van der Waals surface area contributed by atoms with E-state index >= 15 is 0 Å². The molecule has 0 aliphatic heterocycles. The predicted octanol–water partition coefficient (Wildman–Crippen LogP) is 1.15. The van der Waals surface area contributed by atoms with Gasteiger partial charge < -0.3 is 10.4 Å². The molecule has 0 unspecified atom stereocenters. The molecule has 0 radical (unpaired) electrons. The van der Waals surface area contributed by atoms with Gasteiger partial charge in [-0.1, -0.05) is 20.8 Å². The fraction of sp³-hybridized carbons (Fsp3) is 0.615. The highest BCUT2D eigenvalue weighted by Gasteiger charge is 2.20. The van der Waals surface area contributed by atoms with E-state index in [-0.39, 0.29) is 29.4 Å². The van der Waals surface area contributed by atoms with Crippen LogP contribution in [0.1, 0.15) is 42.4 Å². The summed E-state index contributed by atoms with van der Waals surface area (Å²) in [6, 6.07) is 0. The van der Waals surface area contributed by atoms with Crippen LogP contribution in [0.3, 0.4) is 0 Å². The van der Waals surface area contributed by atoms with E-state index in [0.29, 0.717) is 24.1 Å².